The second kappa shape index (κ2) is 5.98. The van der Waals surface area contributed by atoms with E-state index in [-0.39, 0.29) is 0 Å². The van der Waals surface area contributed by atoms with E-state index >= 15 is 0 Å². The Kier molecular flexibility index (Phi) is 4.04. The first-order valence-electron chi connectivity index (χ1n) is 7.32. The van der Waals surface area contributed by atoms with E-state index in [0.29, 0.717) is 5.92 Å². The van der Waals surface area contributed by atoms with Gasteiger partial charge in [0.25, 0.3) is 0 Å². The molecule has 0 aliphatic carbocycles. The van der Waals surface area contributed by atoms with Gasteiger partial charge in [-0.15, -0.1) is 0 Å². The number of hydrogen-bond donors (Lipinski definition) is 0. The SMILES string of the molecule is COc1cc(-c2cc3ccccc3cn2)cc(Cl)c1C(C)C. The minimum absolute atomic E-state index is 0.307. The zero-order chi connectivity index (χ0) is 15.7. The predicted molar refractivity (Wildman–Crippen MR) is 92.8 cm³/mol. The van der Waals surface area contributed by atoms with Crippen molar-refractivity contribution in [2.75, 3.05) is 7.11 Å². The average molecular weight is 312 g/mol. The van der Waals surface area contributed by atoms with E-state index in [4.69, 9.17) is 16.3 Å². The second-order valence-corrected chi connectivity index (χ2v) is 6.05. The highest BCUT2D eigenvalue weighted by atomic mass is 35.5. The van der Waals surface area contributed by atoms with Gasteiger partial charge in [0.05, 0.1) is 12.8 Å². The van der Waals surface area contributed by atoms with Gasteiger partial charge in [0.15, 0.2) is 0 Å². The van der Waals surface area contributed by atoms with Crippen LogP contribution in [0.2, 0.25) is 5.02 Å². The fourth-order valence-electron chi connectivity index (χ4n) is 2.71. The van der Waals surface area contributed by atoms with E-state index < -0.39 is 0 Å². The number of nitrogens with zero attached hydrogens (tertiary/aromatic N) is 1. The Hall–Kier alpha value is -2.06. The van der Waals surface area contributed by atoms with Crippen LogP contribution in [0, 0.1) is 0 Å². The highest BCUT2D eigenvalue weighted by molar-refractivity contribution is 6.32. The van der Waals surface area contributed by atoms with Crippen LogP contribution in [0.25, 0.3) is 22.0 Å². The topological polar surface area (TPSA) is 22.1 Å². The molecular weight excluding hydrogens is 294 g/mol. The van der Waals surface area contributed by atoms with Crippen molar-refractivity contribution in [1.82, 2.24) is 4.98 Å². The van der Waals surface area contributed by atoms with Crippen molar-refractivity contribution in [3.05, 3.63) is 59.2 Å². The normalized spacial score (nSPS) is 11.1. The van der Waals surface area contributed by atoms with Crippen molar-refractivity contribution in [3.8, 4) is 17.0 Å². The van der Waals surface area contributed by atoms with Crippen LogP contribution in [-0.2, 0) is 0 Å². The highest BCUT2D eigenvalue weighted by Crippen LogP contribution is 2.37. The van der Waals surface area contributed by atoms with Crippen LogP contribution in [0.15, 0.2) is 48.7 Å². The number of pyridine rings is 1. The van der Waals surface area contributed by atoms with Crippen LogP contribution in [0.5, 0.6) is 5.75 Å². The van der Waals surface area contributed by atoms with Gasteiger partial charge in [-0.25, -0.2) is 0 Å². The Morgan fingerprint density at radius 2 is 1.77 bits per heavy atom. The largest absolute Gasteiger partial charge is 0.496 e. The van der Waals surface area contributed by atoms with E-state index in [0.717, 1.165) is 38.4 Å². The molecule has 0 bridgehead atoms. The number of benzene rings is 2. The fraction of sp³-hybridized carbons (Fsp3) is 0.211. The lowest BCUT2D eigenvalue weighted by atomic mass is 9.98. The molecule has 3 rings (SSSR count). The molecule has 3 aromatic rings. The third-order valence-electron chi connectivity index (χ3n) is 3.82. The summed E-state index contributed by atoms with van der Waals surface area (Å²) < 4.78 is 5.52. The van der Waals surface area contributed by atoms with Gasteiger partial charge in [-0.2, -0.15) is 0 Å². The first-order chi connectivity index (χ1) is 10.6. The molecule has 0 saturated heterocycles. The fourth-order valence-corrected chi connectivity index (χ4v) is 3.14. The minimum atomic E-state index is 0.307. The summed E-state index contributed by atoms with van der Waals surface area (Å²) in [6.07, 6.45) is 1.89. The van der Waals surface area contributed by atoms with Gasteiger partial charge in [-0.1, -0.05) is 49.7 Å². The minimum Gasteiger partial charge on any atom is -0.496 e. The molecule has 2 aromatic carbocycles. The van der Waals surface area contributed by atoms with Gasteiger partial charge in [-0.05, 0) is 29.5 Å². The van der Waals surface area contributed by atoms with E-state index in [2.05, 4.69) is 37.0 Å². The van der Waals surface area contributed by atoms with Crippen molar-refractivity contribution >= 4 is 22.4 Å². The molecule has 1 aromatic heterocycles. The summed E-state index contributed by atoms with van der Waals surface area (Å²) in [5.74, 6) is 1.12. The van der Waals surface area contributed by atoms with Crippen LogP contribution in [0.4, 0.5) is 0 Å². The molecule has 0 radical (unpaired) electrons. The Balaban J connectivity index is 2.16. The molecule has 112 valence electrons. The Morgan fingerprint density at radius 1 is 1.05 bits per heavy atom. The quantitative estimate of drug-likeness (QED) is 0.620. The van der Waals surface area contributed by atoms with Gasteiger partial charge in [0.2, 0.25) is 0 Å². The summed E-state index contributed by atoms with van der Waals surface area (Å²) in [6.45, 7) is 4.22. The zero-order valence-electron chi connectivity index (χ0n) is 12.9. The second-order valence-electron chi connectivity index (χ2n) is 5.65. The molecule has 0 amide bonds. The third-order valence-corrected chi connectivity index (χ3v) is 4.13. The number of halogens is 1. The van der Waals surface area contributed by atoms with Crippen LogP contribution in [0.3, 0.4) is 0 Å². The summed E-state index contributed by atoms with van der Waals surface area (Å²) in [4.78, 5) is 4.55. The molecule has 0 N–H and O–H groups in total. The third kappa shape index (κ3) is 2.67. The first-order valence-corrected chi connectivity index (χ1v) is 7.70. The molecule has 3 heteroatoms. The zero-order valence-corrected chi connectivity index (χ0v) is 13.7. The average Bonchev–Trinajstić information content (AvgIpc) is 2.53. The molecule has 0 spiro atoms. The Bertz CT molecular complexity index is 827. The maximum absolute atomic E-state index is 6.47. The molecule has 0 fully saturated rings. The van der Waals surface area contributed by atoms with Gasteiger partial charge in [0.1, 0.15) is 5.75 Å². The first kappa shape index (κ1) is 14.9. The van der Waals surface area contributed by atoms with Crippen LogP contribution in [-0.4, -0.2) is 12.1 Å². The van der Waals surface area contributed by atoms with Gasteiger partial charge in [0, 0.05) is 27.7 Å². The van der Waals surface area contributed by atoms with Crippen LogP contribution < -0.4 is 4.74 Å². The van der Waals surface area contributed by atoms with Crippen molar-refractivity contribution < 1.29 is 4.74 Å². The molecule has 2 nitrogen and oxygen atoms in total. The molecule has 1 heterocycles. The summed E-state index contributed by atoms with van der Waals surface area (Å²) in [5.41, 5.74) is 2.90. The molecule has 0 unspecified atom stereocenters. The number of aromatic nitrogens is 1. The number of ether oxygens (including phenoxy) is 1. The van der Waals surface area contributed by atoms with Crippen molar-refractivity contribution in [1.29, 1.82) is 0 Å². The van der Waals surface area contributed by atoms with Crippen molar-refractivity contribution in [2.45, 2.75) is 19.8 Å². The van der Waals surface area contributed by atoms with Crippen LogP contribution >= 0.6 is 11.6 Å². The summed E-state index contributed by atoms with van der Waals surface area (Å²) in [6, 6.07) is 14.2. The van der Waals surface area contributed by atoms with E-state index in [1.54, 1.807) is 7.11 Å². The van der Waals surface area contributed by atoms with Crippen LogP contribution in [0.1, 0.15) is 25.3 Å². The summed E-state index contributed by atoms with van der Waals surface area (Å²) >= 11 is 6.47. The Labute approximate surface area is 135 Å². The molecule has 22 heavy (non-hydrogen) atoms. The summed E-state index contributed by atoms with van der Waals surface area (Å²) in [7, 11) is 1.68. The lowest BCUT2D eigenvalue weighted by Crippen LogP contribution is -1.97. The van der Waals surface area contributed by atoms with E-state index in [1.807, 2.05) is 30.5 Å². The van der Waals surface area contributed by atoms with Gasteiger partial charge >= 0.3 is 0 Å². The number of hydrogen-bond acceptors (Lipinski definition) is 2. The highest BCUT2D eigenvalue weighted by Gasteiger charge is 2.15. The molecule has 0 saturated carbocycles. The molecule has 0 aliphatic heterocycles. The maximum atomic E-state index is 6.47. The number of fused-ring (bicyclic) bond motifs is 1. The lowest BCUT2D eigenvalue weighted by Gasteiger charge is -2.15. The Morgan fingerprint density at radius 3 is 2.45 bits per heavy atom. The van der Waals surface area contributed by atoms with Gasteiger partial charge < -0.3 is 4.74 Å². The molecule has 0 aliphatic rings. The molecule has 0 atom stereocenters. The predicted octanol–water partition coefficient (Wildman–Crippen LogP) is 5.69. The lowest BCUT2D eigenvalue weighted by molar-refractivity contribution is 0.408. The van der Waals surface area contributed by atoms with E-state index in [1.165, 1.54) is 0 Å². The number of methoxy groups -OCH3 is 1. The van der Waals surface area contributed by atoms with Crippen molar-refractivity contribution in [3.63, 3.8) is 0 Å². The summed E-state index contributed by atoms with van der Waals surface area (Å²) in [5, 5.41) is 3.01. The van der Waals surface area contributed by atoms with E-state index in [9.17, 15) is 0 Å². The van der Waals surface area contributed by atoms with Crippen molar-refractivity contribution in [2.24, 2.45) is 0 Å². The molecular formula is C19H18ClNO. The monoisotopic (exact) mass is 311 g/mol. The number of rotatable bonds is 3. The maximum Gasteiger partial charge on any atom is 0.124 e. The smallest absolute Gasteiger partial charge is 0.124 e. The standard InChI is InChI=1S/C19H18ClNO/c1-12(2)19-16(20)8-15(10-18(19)22-3)17-9-13-6-4-5-7-14(13)11-21-17/h4-12H,1-3H3. The van der Waals surface area contributed by atoms with Gasteiger partial charge in [-0.3, -0.25) is 4.98 Å².